The molecule has 6 nitrogen and oxygen atoms in total. The van der Waals surface area contributed by atoms with Crippen molar-refractivity contribution in [3.63, 3.8) is 0 Å². The summed E-state index contributed by atoms with van der Waals surface area (Å²) < 4.78 is 1.61. The summed E-state index contributed by atoms with van der Waals surface area (Å²) in [5.41, 5.74) is 0.724. The van der Waals surface area contributed by atoms with Crippen molar-refractivity contribution in [2.45, 2.75) is 19.9 Å². The molecule has 1 atom stereocenters. The van der Waals surface area contributed by atoms with Gasteiger partial charge in [-0.15, -0.1) is 17.5 Å². The normalized spacial score (nSPS) is 17.7. The highest BCUT2D eigenvalue weighted by Gasteiger charge is 2.27. The molecular weight excluding hydrogens is 337 g/mol. The van der Waals surface area contributed by atoms with Gasteiger partial charge in [-0.3, -0.25) is 4.79 Å². The highest BCUT2D eigenvalue weighted by Crippen LogP contribution is 2.20. The Balaban J connectivity index is 0.00000192. The van der Waals surface area contributed by atoms with Crippen LogP contribution in [0.15, 0.2) is 24.3 Å². The molecule has 2 heterocycles. The van der Waals surface area contributed by atoms with Crippen LogP contribution in [-0.4, -0.2) is 51.2 Å². The summed E-state index contributed by atoms with van der Waals surface area (Å²) in [6.07, 6.45) is 0. The van der Waals surface area contributed by atoms with Gasteiger partial charge in [-0.1, -0.05) is 23.7 Å². The maximum Gasteiger partial charge on any atom is 0.293 e. The lowest BCUT2D eigenvalue weighted by molar-refractivity contribution is 0.0643. The first-order valence-corrected chi connectivity index (χ1v) is 7.66. The summed E-state index contributed by atoms with van der Waals surface area (Å²) in [7, 11) is 0. The average molecular weight is 356 g/mol. The second-order valence-electron chi connectivity index (χ2n) is 5.40. The topological polar surface area (TPSA) is 63.1 Å². The van der Waals surface area contributed by atoms with Crippen LogP contribution < -0.4 is 5.32 Å². The van der Waals surface area contributed by atoms with Crippen molar-refractivity contribution in [3.05, 3.63) is 40.9 Å². The number of benzene rings is 1. The molecule has 1 saturated heterocycles. The van der Waals surface area contributed by atoms with Gasteiger partial charge < -0.3 is 10.2 Å². The third kappa shape index (κ3) is 3.49. The molecule has 1 aliphatic rings. The van der Waals surface area contributed by atoms with Crippen molar-refractivity contribution in [3.8, 4) is 5.69 Å². The lowest BCUT2D eigenvalue weighted by Crippen LogP contribution is -2.52. The molecule has 3 rings (SSSR count). The Morgan fingerprint density at radius 2 is 2.13 bits per heavy atom. The zero-order valence-electron chi connectivity index (χ0n) is 13.0. The minimum atomic E-state index is -0.136. The van der Waals surface area contributed by atoms with Crippen LogP contribution in [0.5, 0.6) is 0 Å². The van der Waals surface area contributed by atoms with Crippen LogP contribution in [-0.2, 0) is 0 Å². The van der Waals surface area contributed by atoms with E-state index in [1.807, 2.05) is 36.9 Å². The van der Waals surface area contributed by atoms with Gasteiger partial charge in [0.15, 0.2) is 0 Å². The number of amides is 1. The van der Waals surface area contributed by atoms with Gasteiger partial charge in [-0.2, -0.15) is 0 Å². The predicted molar refractivity (Wildman–Crippen MR) is 91.7 cm³/mol. The van der Waals surface area contributed by atoms with Crippen LogP contribution in [0.4, 0.5) is 0 Å². The molecule has 0 saturated carbocycles. The molecule has 1 unspecified atom stereocenters. The molecule has 2 aromatic rings. The Bertz CT molecular complexity index is 703. The maximum atomic E-state index is 12.6. The second kappa shape index (κ2) is 7.29. The SMILES string of the molecule is Cc1nc(C(=O)N2CCNCC2C)nn1-c1ccccc1Cl.Cl. The van der Waals surface area contributed by atoms with Crippen LogP contribution >= 0.6 is 24.0 Å². The number of para-hydroxylation sites is 1. The van der Waals surface area contributed by atoms with Crippen molar-refractivity contribution in [1.82, 2.24) is 25.0 Å². The number of hydrogen-bond donors (Lipinski definition) is 1. The Morgan fingerprint density at radius 1 is 1.39 bits per heavy atom. The molecule has 0 spiro atoms. The van der Waals surface area contributed by atoms with Crippen LogP contribution in [0.1, 0.15) is 23.4 Å². The first kappa shape index (κ1) is 17.7. The van der Waals surface area contributed by atoms with E-state index in [-0.39, 0.29) is 30.2 Å². The van der Waals surface area contributed by atoms with Gasteiger partial charge in [0.25, 0.3) is 5.91 Å². The number of carbonyl (C=O) groups is 1. The molecule has 8 heteroatoms. The number of nitrogens with one attached hydrogen (secondary N) is 1. The highest BCUT2D eigenvalue weighted by atomic mass is 35.5. The third-order valence-corrected chi connectivity index (χ3v) is 4.12. The van der Waals surface area contributed by atoms with E-state index in [2.05, 4.69) is 15.4 Å². The molecule has 1 amide bonds. The fourth-order valence-corrected chi connectivity index (χ4v) is 2.82. The zero-order chi connectivity index (χ0) is 15.7. The fourth-order valence-electron chi connectivity index (χ4n) is 2.60. The quantitative estimate of drug-likeness (QED) is 0.895. The number of halogens is 2. The van der Waals surface area contributed by atoms with E-state index in [4.69, 9.17) is 11.6 Å². The molecule has 1 fully saturated rings. The Morgan fingerprint density at radius 3 is 2.83 bits per heavy atom. The van der Waals surface area contributed by atoms with Gasteiger partial charge >= 0.3 is 0 Å². The molecule has 1 aromatic heterocycles. The Kier molecular flexibility index (Phi) is 5.62. The third-order valence-electron chi connectivity index (χ3n) is 3.80. The Labute approximate surface area is 146 Å². The van der Waals surface area contributed by atoms with E-state index in [0.717, 1.165) is 18.8 Å². The van der Waals surface area contributed by atoms with Crippen molar-refractivity contribution in [1.29, 1.82) is 0 Å². The van der Waals surface area contributed by atoms with Crippen molar-refractivity contribution in [2.75, 3.05) is 19.6 Å². The largest absolute Gasteiger partial charge is 0.331 e. The van der Waals surface area contributed by atoms with Gasteiger partial charge in [0.2, 0.25) is 5.82 Å². The van der Waals surface area contributed by atoms with Gasteiger partial charge in [-0.25, -0.2) is 9.67 Å². The summed E-state index contributed by atoms with van der Waals surface area (Å²) in [6, 6.07) is 7.51. The van der Waals surface area contributed by atoms with E-state index in [9.17, 15) is 4.79 Å². The van der Waals surface area contributed by atoms with E-state index in [1.165, 1.54) is 0 Å². The number of carbonyl (C=O) groups excluding carboxylic acids is 1. The van der Waals surface area contributed by atoms with Crippen molar-refractivity contribution in [2.24, 2.45) is 0 Å². The summed E-state index contributed by atoms with van der Waals surface area (Å²) in [5, 5.41) is 8.20. The molecule has 23 heavy (non-hydrogen) atoms. The number of rotatable bonds is 2. The van der Waals surface area contributed by atoms with Crippen LogP contribution in [0, 0.1) is 6.92 Å². The smallest absolute Gasteiger partial charge is 0.293 e. The van der Waals surface area contributed by atoms with Crippen LogP contribution in [0.3, 0.4) is 0 Å². The predicted octanol–water partition coefficient (Wildman–Crippen LogP) is 2.08. The van der Waals surface area contributed by atoms with Gasteiger partial charge in [-0.05, 0) is 26.0 Å². The zero-order valence-corrected chi connectivity index (χ0v) is 14.6. The van der Waals surface area contributed by atoms with E-state index in [0.29, 0.717) is 17.4 Å². The lowest BCUT2D eigenvalue weighted by Gasteiger charge is -2.33. The number of hydrogen-bond acceptors (Lipinski definition) is 4. The molecular formula is C15H19Cl2N5O. The van der Waals surface area contributed by atoms with Gasteiger partial charge in [0, 0.05) is 25.7 Å². The second-order valence-corrected chi connectivity index (χ2v) is 5.80. The number of nitrogens with zero attached hydrogens (tertiary/aromatic N) is 4. The van der Waals surface area contributed by atoms with Gasteiger partial charge in [0.05, 0.1) is 10.7 Å². The fraction of sp³-hybridized carbons (Fsp3) is 0.400. The van der Waals surface area contributed by atoms with Crippen molar-refractivity contribution >= 4 is 29.9 Å². The van der Waals surface area contributed by atoms with E-state index in [1.54, 1.807) is 10.7 Å². The number of aromatic nitrogens is 3. The lowest BCUT2D eigenvalue weighted by atomic mass is 10.2. The maximum absolute atomic E-state index is 12.6. The first-order valence-electron chi connectivity index (χ1n) is 7.28. The molecule has 124 valence electrons. The molecule has 0 aliphatic carbocycles. The number of piperazine rings is 1. The summed E-state index contributed by atoms with van der Waals surface area (Å²) in [4.78, 5) is 18.7. The molecule has 1 N–H and O–H groups in total. The van der Waals surface area contributed by atoms with E-state index < -0.39 is 0 Å². The minimum absolute atomic E-state index is 0. The molecule has 0 bridgehead atoms. The standard InChI is InChI=1S/C15H18ClN5O.ClH/c1-10-9-17-7-8-20(10)15(22)14-18-11(2)21(19-14)13-6-4-3-5-12(13)16;/h3-6,10,17H,7-9H2,1-2H3;1H. The van der Waals surface area contributed by atoms with Crippen LogP contribution in [0.25, 0.3) is 5.69 Å². The summed E-state index contributed by atoms with van der Waals surface area (Å²) in [5.74, 6) is 0.716. The molecule has 0 radical (unpaired) electrons. The van der Waals surface area contributed by atoms with Crippen molar-refractivity contribution < 1.29 is 4.79 Å². The minimum Gasteiger partial charge on any atom is -0.331 e. The molecule has 1 aromatic carbocycles. The average Bonchev–Trinajstić information content (AvgIpc) is 2.89. The molecule has 1 aliphatic heterocycles. The van der Waals surface area contributed by atoms with Crippen LogP contribution in [0.2, 0.25) is 5.02 Å². The van der Waals surface area contributed by atoms with E-state index >= 15 is 0 Å². The first-order chi connectivity index (χ1) is 10.6. The highest BCUT2D eigenvalue weighted by molar-refractivity contribution is 6.32. The summed E-state index contributed by atoms with van der Waals surface area (Å²) >= 11 is 6.20. The summed E-state index contributed by atoms with van der Waals surface area (Å²) in [6.45, 7) is 6.08. The monoisotopic (exact) mass is 355 g/mol. The van der Waals surface area contributed by atoms with Gasteiger partial charge in [0.1, 0.15) is 5.82 Å². The number of aryl methyl sites for hydroxylation is 1. The Hall–Kier alpha value is -1.63.